The molecule has 2 aliphatic rings. The standard InChI is InChI=1S/C30H32N6O10S/c1-45-29(39)23-17-31-11-13-33(23)27(37)9-5-19-3-7-25(21(15-19)35(41)42)47-26-8-4-20(16-22(26)36(43)44)6-10-28(38)34-14-12-32-18-24(34)30(40)46-2/h3-10,15-16,23-24,31-32H,11-14,17-18H2,1-2H3/b9-5+,10-6+. The number of methoxy groups -OCH3 is 2. The first-order valence-corrected chi connectivity index (χ1v) is 15.1. The van der Waals surface area contributed by atoms with Gasteiger partial charge in [-0.1, -0.05) is 23.9 Å². The largest absolute Gasteiger partial charge is 0.467 e. The SMILES string of the molecule is COC(=O)C1CNCCN1C(=O)/C=C/c1ccc(Sc2ccc(/C=C/C(=O)N3CCNCC3C(=O)OC)cc2[N+](=O)[O-])c([N+](=O)[O-])c1. The first-order chi connectivity index (χ1) is 22.5. The van der Waals surface area contributed by atoms with Gasteiger partial charge in [0.1, 0.15) is 12.1 Å². The number of nitrogens with one attached hydrogen (secondary N) is 2. The zero-order valence-corrected chi connectivity index (χ0v) is 26.3. The molecule has 2 saturated heterocycles. The van der Waals surface area contributed by atoms with Gasteiger partial charge in [0.05, 0.1) is 33.9 Å². The van der Waals surface area contributed by atoms with Gasteiger partial charge in [-0.15, -0.1) is 0 Å². The van der Waals surface area contributed by atoms with E-state index in [-0.39, 0.29) is 47.3 Å². The molecule has 2 atom stereocenters. The van der Waals surface area contributed by atoms with E-state index in [9.17, 15) is 39.4 Å². The van der Waals surface area contributed by atoms with Crippen LogP contribution in [0.2, 0.25) is 0 Å². The summed E-state index contributed by atoms with van der Waals surface area (Å²) in [5.74, 6) is -2.06. The van der Waals surface area contributed by atoms with Crippen LogP contribution in [0.4, 0.5) is 11.4 Å². The predicted molar refractivity (Wildman–Crippen MR) is 169 cm³/mol. The highest BCUT2D eigenvalue weighted by atomic mass is 32.2. The molecule has 2 aromatic rings. The minimum absolute atomic E-state index is 0.125. The summed E-state index contributed by atoms with van der Waals surface area (Å²) < 4.78 is 9.55. The zero-order valence-electron chi connectivity index (χ0n) is 25.5. The number of ether oxygens (including phenoxy) is 2. The summed E-state index contributed by atoms with van der Waals surface area (Å²) in [6.07, 6.45) is 5.21. The first-order valence-electron chi connectivity index (χ1n) is 14.3. The summed E-state index contributed by atoms with van der Waals surface area (Å²) in [6.45, 7) is 1.99. The van der Waals surface area contributed by atoms with E-state index in [0.29, 0.717) is 24.2 Å². The minimum atomic E-state index is -0.802. The summed E-state index contributed by atoms with van der Waals surface area (Å²) in [5.41, 5.74) is -0.00558. The van der Waals surface area contributed by atoms with Crippen molar-refractivity contribution in [2.75, 3.05) is 53.5 Å². The fourth-order valence-electron chi connectivity index (χ4n) is 5.01. The third-order valence-electron chi connectivity index (χ3n) is 7.42. The molecule has 0 spiro atoms. The minimum Gasteiger partial charge on any atom is -0.467 e. The molecule has 2 aromatic carbocycles. The van der Waals surface area contributed by atoms with Crippen LogP contribution < -0.4 is 10.6 Å². The zero-order chi connectivity index (χ0) is 34.1. The number of rotatable bonds is 10. The molecule has 2 amide bonds. The molecular formula is C30H32N6O10S. The van der Waals surface area contributed by atoms with Crippen molar-refractivity contribution in [2.24, 2.45) is 0 Å². The van der Waals surface area contributed by atoms with E-state index in [1.807, 2.05) is 0 Å². The average Bonchev–Trinajstić information content (AvgIpc) is 3.09. The van der Waals surface area contributed by atoms with E-state index in [1.165, 1.54) is 84.7 Å². The van der Waals surface area contributed by atoms with Crippen LogP contribution in [0.5, 0.6) is 0 Å². The lowest BCUT2D eigenvalue weighted by atomic mass is 10.1. The van der Waals surface area contributed by atoms with E-state index >= 15 is 0 Å². The van der Waals surface area contributed by atoms with Gasteiger partial charge in [0.15, 0.2) is 0 Å². The van der Waals surface area contributed by atoms with Crippen LogP contribution in [0.15, 0.2) is 58.3 Å². The van der Waals surface area contributed by atoms with Gasteiger partial charge < -0.3 is 29.9 Å². The van der Waals surface area contributed by atoms with E-state index in [1.54, 1.807) is 0 Å². The van der Waals surface area contributed by atoms with Crippen molar-refractivity contribution in [1.29, 1.82) is 0 Å². The third-order valence-corrected chi connectivity index (χ3v) is 8.55. The summed E-state index contributed by atoms with van der Waals surface area (Å²) in [6, 6.07) is 6.79. The van der Waals surface area contributed by atoms with Crippen molar-refractivity contribution >= 4 is 59.0 Å². The number of nitro benzene ring substituents is 2. The highest BCUT2D eigenvalue weighted by Crippen LogP contribution is 2.40. The van der Waals surface area contributed by atoms with E-state index < -0.39 is 45.7 Å². The molecule has 248 valence electrons. The van der Waals surface area contributed by atoms with Gasteiger partial charge in [-0.2, -0.15) is 0 Å². The van der Waals surface area contributed by atoms with Gasteiger partial charge in [0.2, 0.25) is 11.8 Å². The lowest BCUT2D eigenvalue weighted by molar-refractivity contribution is -0.388. The number of carbonyl (C=O) groups excluding carboxylic acids is 4. The highest BCUT2D eigenvalue weighted by Gasteiger charge is 2.33. The average molecular weight is 669 g/mol. The fraction of sp³-hybridized carbons (Fsp3) is 0.333. The Morgan fingerprint density at radius 3 is 1.53 bits per heavy atom. The third kappa shape index (κ3) is 8.57. The Morgan fingerprint density at radius 2 is 1.17 bits per heavy atom. The lowest BCUT2D eigenvalue weighted by Crippen LogP contribution is -2.56. The molecule has 0 radical (unpaired) electrons. The molecule has 2 N–H and O–H groups in total. The maximum absolute atomic E-state index is 12.8. The first kappa shape index (κ1) is 34.7. The summed E-state index contributed by atoms with van der Waals surface area (Å²) >= 11 is 0.823. The molecule has 2 heterocycles. The number of piperazine rings is 2. The van der Waals surface area contributed by atoms with Gasteiger partial charge in [-0.3, -0.25) is 29.8 Å². The van der Waals surface area contributed by atoms with E-state index in [4.69, 9.17) is 9.47 Å². The Morgan fingerprint density at radius 1 is 0.766 bits per heavy atom. The second-order valence-corrected chi connectivity index (χ2v) is 11.4. The molecule has 0 bridgehead atoms. The number of amides is 2. The number of esters is 2. The second-order valence-electron chi connectivity index (χ2n) is 10.3. The molecule has 47 heavy (non-hydrogen) atoms. The molecule has 0 aliphatic carbocycles. The van der Waals surface area contributed by atoms with Crippen molar-refractivity contribution in [1.82, 2.24) is 20.4 Å². The Bertz CT molecular complexity index is 1510. The van der Waals surface area contributed by atoms with Gasteiger partial charge in [0.25, 0.3) is 11.4 Å². The molecule has 2 unspecified atom stereocenters. The Kier molecular flexibility index (Phi) is 11.8. The van der Waals surface area contributed by atoms with Crippen LogP contribution in [0.25, 0.3) is 12.2 Å². The van der Waals surface area contributed by atoms with E-state index in [0.717, 1.165) is 11.8 Å². The predicted octanol–water partition coefficient (Wildman–Crippen LogP) is 1.63. The molecule has 0 saturated carbocycles. The summed E-state index contributed by atoms with van der Waals surface area (Å²) in [4.78, 5) is 75.4. The van der Waals surface area contributed by atoms with Gasteiger partial charge in [-0.05, 0) is 35.4 Å². The van der Waals surface area contributed by atoms with Crippen molar-refractivity contribution in [3.8, 4) is 0 Å². The quantitative estimate of drug-likeness (QED) is 0.160. The number of nitro groups is 2. The Balaban J connectivity index is 1.52. The van der Waals surface area contributed by atoms with Crippen molar-refractivity contribution in [3.63, 3.8) is 0 Å². The van der Waals surface area contributed by atoms with Crippen LogP contribution in [0.3, 0.4) is 0 Å². The summed E-state index contributed by atoms with van der Waals surface area (Å²) in [5, 5.41) is 30.0. The van der Waals surface area contributed by atoms with Crippen LogP contribution in [-0.2, 0) is 28.7 Å². The molecule has 0 aromatic heterocycles. The smallest absolute Gasteiger partial charge is 0.329 e. The van der Waals surface area contributed by atoms with Crippen molar-refractivity contribution in [3.05, 3.63) is 79.9 Å². The number of nitrogens with zero attached hydrogens (tertiary/aromatic N) is 4. The molecule has 16 nitrogen and oxygen atoms in total. The molecule has 2 aliphatic heterocycles. The number of carbonyl (C=O) groups is 4. The monoisotopic (exact) mass is 668 g/mol. The molecule has 2 fully saturated rings. The van der Waals surface area contributed by atoms with E-state index in [2.05, 4.69) is 10.6 Å². The summed E-state index contributed by atoms with van der Waals surface area (Å²) in [7, 11) is 2.46. The van der Waals surface area contributed by atoms with Crippen LogP contribution in [0.1, 0.15) is 11.1 Å². The highest BCUT2D eigenvalue weighted by molar-refractivity contribution is 7.99. The maximum atomic E-state index is 12.8. The van der Waals surface area contributed by atoms with Gasteiger partial charge >= 0.3 is 11.9 Å². The van der Waals surface area contributed by atoms with Crippen LogP contribution in [-0.4, -0.2) is 109 Å². The molecular weight excluding hydrogens is 636 g/mol. The molecule has 17 heteroatoms. The van der Waals surface area contributed by atoms with Crippen LogP contribution >= 0.6 is 11.8 Å². The maximum Gasteiger partial charge on any atom is 0.329 e. The fourth-order valence-corrected chi connectivity index (χ4v) is 5.99. The second kappa shape index (κ2) is 15.9. The number of benzene rings is 2. The molecule has 4 rings (SSSR count). The Hall–Kier alpha value is -5.13. The topological polar surface area (TPSA) is 204 Å². The van der Waals surface area contributed by atoms with Gasteiger partial charge in [0, 0.05) is 63.6 Å². The normalized spacial score (nSPS) is 18.3. The van der Waals surface area contributed by atoms with Gasteiger partial charge in [-0.25, -0.2) is 9.59 Å². The Labute approximate surface area is 273 Å². The van der Waals surface area contributed by atoms with Crippen molar-refractivity contribution < 1.29 is 38.5 Å². The van der Waals surface area contributed by atoms with Crippen LogP contribution in [0, 0.1) is 20.2 Å². The number of hydrogen-bond donors (Lipinski definition) is 2. The van der Waals surface area contributed by atoms with Crippen molar-refractivity contribution in [2.45, 2.75) is 21.9 Å². The number of hydrogen-bond acceptors (Lipinski definition) is 13. The lowest BCUT2D eigenvalue weighted by Gasteiger charge is -2.33.